The summed E-state index contributed by atoms with van der Waals surface area (Å²) in [6.07, 6.45) is -0.105. The van der Waals surface area contributed by atoms with E-state index >= 15 is 0 Å². The van der Waals surface area contributed by atoms with Crippen LogP contribution in [0.3, 0.4) is 0 Å². The quantitative estimate of drug-likeness (QED) is 0.514. The number of ether oxygens (including phenoxy) is 1. The van der Waals surface area contributed by atoms with E-state index in [0.717, 1.165) is 10.9 Å². The molecule has 27 heavy (non-hydrogen) atoms. The van der Waals surface area contributed by atoms with E-state index in [1.165, 1.54) is 6.07 Å². The molecule has 0 unspecified atom stereocenters. The predicted octanol–water partition coefficient (Wildman–Crippen LogP) is 2.98. The number of carbonyl (C=O) groups is 1. The third-order valence-electron chi connectivity index (χ3n) is 4.59. The maximum atomic E-state index is 12.4. The van der Waals surface area contributed by atoms with Crippen LogP contribution in [0.2, 0.25) is 0 Å². The molecule has 2 aromatic carbocycles. The highest BCUT2D eigenvalue weighted by Crippen LogP contribution is 2.23. The summed E-state index contributed by atoms with van der Waals surface area (Å²) in [6.45, 7) is 0.905. The van der Waals surface area contributed by atoms with E-state index in [1.807, 2.05) is 36.4 Å². The first kappa shape index (κ1) is 17.0. The zero-order valence-electron chi connectivity index (χ0n) is 14.4. The summed E-state index contributed by atoms with van der Waals surface area (Å²) in [7, 11) is 0. The Kier molecular flexibility index (Phi) is 4.42. The lowest BCUT2D eigenvalue weighted by Gasteiger charge is -2.38. The number of amides is 1. The molecule has 0 bridgehead atoms. The zero-order chi connectivity index (χ0) is 18.8. The SMILES string of the molecule is O=C(Cc1ccccc1[N+](=O)[O-])N1CC(Oc2ccc3ccccc3n2)C1. The predicted molar refractivity (Wildman–Crippen MR) is 99.5 cm³/mol. The Hall–Kier alpha value is -3.48. The molecule has 7 nitrogen and oxygen atoms in total. The first-order valence-corrected chi connectivity index (χ1v) is 8.62. The number of nitro benzene ring substituents is 1. The maximum Gasteiger partial charge on any atom is 0.273 e. The van der Waals surface area contributed by atoms with Gasteiger partial charge in [0.1, 0.15) is 6.10 Å². The third-order valence-corrected chi connectivity index (χ3v) is 4.59. The topological polar surface area (TPSA) is 85.6 Å². The highest BCUT2D eigenvalue weighted by atomic mass is 16.6. The molecule has 0 spiro atoms. The van der Waals surface area contributed by atoms with Crippen molar-refractivity contribution in [1.29, 1.82) is 0 Å². The van der Waals surface area contributed by atoms with Gasteiger partial charge in [0.05, 0.1) is 30.0 Å². The molecule has 0 N–H and O–H groups in total. The number of pyridine rings is 1. The number of nitrogens with zero attached hydrogens (tertiary/aromatic N) is 3. The minimum atomic E-state index is -0.462. The van der Waals surface area contributed by atoms with Crippen molar-refractivity contribution >= 4 is 22.5 Å². The van der Waals surface area contributed by atoms with Gasteiger partial charge >= 0.3 is 0 Å². The van der Waals surface area contributed by atoms with Crippen LogP contribution in [0, 0.1) is 10.1 Å². The molecule has 1 amide bonds. The van der Waals surface area contributed by atoms with Crippen molar-refractivity contribution in [3.8, 4) is 5.88 Å². The van der Waals surface area contributed by atoms with E-state index in [1.54, 1.807) is 23.1 Å². The lowest BCUT2D eigenvalue weighted by molar-refractivity contribution is -0.385. The minimum Gasteiger partial charge on any atom is -0.471 e. The molecular formula is C20H17N3O4. The monoisotopic (exact) mass is 363 g/mol. The number of hydrogen-bond acceptors (Lipinski definition) is 5. The molecule has 1 aliphatic heterocycles. The second kappa shape index (κ2) is 7.03. The molecule has 0 saturated carbocycles. The molecule has 1 aromatic heterocycles. The zero-order valence-corrected chi connectivity index (χ0v) is 14.4. The van der Waals surface area contributed by atoms with Gasteiger partial charge in [-0.25, -0.2) is 4.98 Å². The fourth-order valence-corrected chi connectivity index (χ4v) is 3.11. The first-order chi connectivity index (χ1) is 13.1. The van der Waals surface area contributed by atoms with Crippen molar-refractivity contribution in [2.24, 2.45) is 0 Å². The van der Waals surface area contributed by atoms with Crippen LogP contribution in [0.4, 0.5) is 5.69 Å². The number of likely N-dealkylation sites (tertiary alicyclic amines) is 1. The summed E-state index contributed by atoms with van der Waals surface area (Å²) >= 11 is 0. The standard InChI is InChI=1S/C20H17N3O4/c24-20(11-15-6-2-4-8-18(15)23(25)26)22-12-16(13-22)27-19-10-9-14-5-1-3-7-17(14)21-19/h1-10,16H,11-13H2. The van der Waals surface area contributed by atoms with Crippen LogP contribution in [0.1, 0.15) is 5.56 Å². The molecule has 1 fully saturated rings. The van der Waals surface area contributed by atoms with Gasteiger partial charge in [-0.1, -0.05) is 36.4 Å². The fourth-order valence-electron chi connectivity index (χ4n) is 3.11. The van der Waals surface area contributed by atoms with Gasteiger partial charge in [-0.2, -0.15) is 0 Å². The Bertz CT molecular complexity index is 1010. The highest BCUT2D eigenvalue weighted by Gasteiger charge is 2.33. The fraction of sp³-hybridized carbons (Fsp3) is 0.200. The Morgan fingerprint density at radius 2 is 1.85 bits per heavy atom. The summed E-state index contributed by atoms with van der Waals surface area (Å²) in [5, 5.41) is 12.1. The van der Waals surface area contributed by atoms with Crippen LogP contribution in [0.5, 0.6) is 5.88 Å². The molecule has 2 heterocycles. The number of hydrogen-bond donors (Lipinski definition) is 0. The normalized spacial score (nSPS) is 14.0. The summed E-state index contributed by atoms with van der Waals surface area (Å²) < 4.78 is 5.84. The average Bonchev–Trinajstić information content (AvgIpc) is 2.64. The van der Waals surface area contributed by atoms with E-state index in [2.05, 4.69) is 4.98 Å². The molecule has 0 aliphatic carbocycles. The van der Waals surface area contributed by atoms with E-state index in [-0.39, 0.29) is 24.1 Å². The minimum absolute atomic E-state index is 0.0120. The number of para-hydroxylation sites is 2. The Labute approximate surface area is 155 Å². The first-order valence-electron chi connectivity index (χ1n) is 8.62. The Morgan fingerprint density at radius 1 is 1.11 bits per heavy atom. The molecular weight excluding hydrogens is 346 g/mol. The van der Waals surface area contributed by atoms with Crippen molar-refractivity contribution in [3.63, 3.8) is 0 Å². The molecule has 7 heteroatoms. The van der Waals surface area contributed by atoms with Gasteiger partial charge in [-0.15, -0.1) is 0 Å². The van der Waals surface area contributed by atoms with E-state index in [4.69, 9.17) is 4.74 Å². The molecule has 0 radical (unpaired) electrons. The van der Waals surface area contributed by atoms with Gasteiger partial charge in [0.25, 0.3) is 5.69 Å². The van der Waals surface area contributed by atoms with Crippen LogP contribution >= 0.6 is 0 Å². The van der Waals surface area contributed by atoms with Crippen molar-refractivity contribution in [3.05, 3.63) is 76.3 Å². The van der Waals surface area contributed by atoms with Gasteiger partial charge in [0.2, 0.25) is 11.8 Å². The van der Waals surface area contributed by atoms with Crippen LogP contribution in [-0.2, 0) is 11.2 Å². The summed E-state index contributed by atoms with van der Waals surface area (Å²) in [5.74, 6) is 0.389. The second-order valence-electron chi connectivity index (χ2n) is 6.44. The number of nitro groups is 1. The van der Waals surface area contributed by atoms with Crippen LogP contribution < -0.4 is 4.74 Å². The molecule has 3 aromatic rings. The Morgan fingerprint density at radius 3 is 2.67 bits per heavy atom. The summed E-state index contributed by atoms with van der Waals surface area (Å²) in [6, 6.07) is 17.9. The Balaban J connectivity index is 1.35. The summed E-state index contributed by atoms with van der Waals surface area (Å²) in [5.41, 5.74) is 1.26. The van der Waals surface area contributed by atoms with Gasteiger partial charge in [0.15, 0.2) is 0 Å². The van der Waals surface area contributed by atoms with Gasteiger partial charge < -0.3 is 9.64 Å². The number of aromatic nitrogens is 1. The number of benzene rings is 2. The summed E-state index contributed by atoms with van der Waals surface area (Å²) in [4.78, 5) is 29.1. The van der Waals surface area contributed by atoms with Gasteiger partial charge in [0, 0.05) is 23.1 Å². The smallest absolute Gasteiger partial charge is 0.273 e. The molecule has 1 aliphatic rings. The van der Waals surface area contributed by atoms with Crippen molar-refractivity contribution in [2.75, 3.05) is 13.1 Å². The molecule has 0 atom stereocenters. The van der Waals surface area contributed by atoms with Crippen LogP contribution in [0.25, 0.3) is 10.9 Å². The number of rotatable bonds is 5. The van der Waals surface area contributed by atoms with E-state index in [9.17, 15) is 14.9 Å². The van der Waals surface area contributed by atoms with Crippen LogP contribution in [-0.4, -0.2) is 39.9 Å². The average molecular weight is 363 g/mol. The number of fused-ring (bicyclic) bond motifs is 1. The van der Waals surface area contributed by atoms with E-state index < -0.39 is 4.92 Å². The van der Waals surface area contributed by atoms with Gasteiger partial charge in [-0.3, -0.25) is 14.9 Å². The molecule has 1 saturated heterocycles. The maximum absolute atomic E-state index is 12.4. The number of carbonyl (C=O) groups excluding carboxylic acids is 1. The van der Waals surface area contributed by atoms with Crippen molar-refractivity contribution < 1.29 is 14.5 Å². The third kappa shape index (κ3) is 3.57. The van der Waals surface area contributed by atoms with Crippen molar-refractivity contribution in [1.82, 2.24) is 9.88 Å². The largest absolute Gasteiger partial charge is 0.471 e. The van der Waals surface area contributed by atoms with Gasteiger partial charge in [-0.05, 0) is 12.1 Å². The second-order valence-corrected chi connectivity index (χ2v) is 6.44. The molecule has 136 valence electrons. The highest BCUT2D eigenvalue weighted by molar-refractivity contribution is 5.81. The van der Waals surface area contributed by atoms with Crippen LogP contribution in [0.15, 0.2) is 60.7 Å². The lowest BCUT2D eigenvalue weighted by Crippen LogP contribution is -2.56. The lowest BCUT2D eigenvalue weighted by atomic mass is 10.1. The molecule has 4 rings (SSSR count). The van der Waals surface area contributed by atoms with E-state index in [0.29, 0.717) is 24.5 Å². The van der Waals surface area contributed by atoms with Crippen molar-refractivity contribution in [2.45, 2.75) is 12.5 Å².